The number of nitrogens with two attached hydrogens (primary N) is 1. The van der Waals surface area contributed by atoms with E-state index in [2.05, 4.69) is 15.1 Å². The second-order valence-corrected chi connectivity index (χ2v) is 7.36. The number of rotatable bonds is 4. The van der Waals surface area contributed by atoms with Gasteiger partial charge in [-0.2, -0.15) is 17.9 Å². The predicted octanol–water partition coefficient (Wildman–Crippen LogP) is 3.54. The second-order valence-electron chi connectivity index (χ2n) is 6.97. The Hall–Kier alpha value is -3.40. The lowest BCUT2D eigenvalue weighted by Crippen LogP contribution is -2.44. The Bertz CT molecular complexity index is 1310. The molecule has 4 rings (SSSR count). The zero-order chi connectivity index (χ0) is 22.3. The molecule has 0 unspecified atom stereocenters. The molecule has 3 heterocycles. The van der Waals surface area contributed by atoms with Crippen molar-refractivity contribution in [1.29, 1.82) is 0 Å². The van der Waals surface area contributed by atoms with Crippen molar-refractivity contribution in [3.8, 4) is 22.4 Å². The molecule has 7 nitrogen and oxygen atoms in total. The molecule has 0 fully saturated rings. The second kappa shape index (κ2) is 7.69. The van der Waals surface area contributed by atoms with Gasteiger partial charge in [-0.05, 0) is 24.6 Å². The molecule has 0 bridgehead atoms. The quantitative estimate of drug-likeness (QED) is 0.368. The number of nitrogens with one attached hydrogen (secondary N) is 1. The molecule has 3 aromatic heterocycles. The van der Waals surface area contributed by atoms with Gasteiger partial charge in [0, 0.05) is 11.3 Å². The summed E-state index contributed by atoms with van der Waals surface area (Å²) < 4.78 is 40.1. The van der Waals surface area contributed by atoms with E-state index < -0.39 is 24.8 Å². The molecule has 0 amide bonds. The van der Waals surface area contributed by atoms with E-state index in [9.17, 15) is 18.0 Å². The highest BCUT2D eigenvalue weighted by Gasteiger charge is 2.30. The zero-order valence-corrected chi connectivity index (χ0v) is 17.0. The third kappa shape index (κ3) is 4.11. The summed E-state index contributed by atoms with van der Waals surface area (Å²) >= 11 is 6.15. The maximum Gasteiger partial charge on any atom is 0.428 e. The summed E-state index contributed by atoms with van der Waals surface area (Å²) in [4.78, 5) is 21.4. The number of halogens is 4. The molecule has 3 N–H and O–H groups in total. The van der Waals surface area contributed by atoms with Gasteiger partial charge in [0.1, 0.15) is 10.8 Å². The van der Waals surface area contributed by atoms with Crippen molar-refractivity contribution in [3.05, 3.63) is 63.8 Å². The van der Waals surface area contributed by atoms with Crippen LogP contribution in [0.2, 0.25) is 5.15 Å². The van der Waals surface area contributed by atoms with Crippen LogP contribution >= 0.6 is 11.6 Å². The average molecular weight is 450 g/mol. The van der Waals surface area contributed by atoms with Crippen LogP contribution in [0.15, 0.2) is 47.3 Å². The molecule has 4 aromatic rings. The fraction of sp³-hybridized carbons (Fsp3) is 0.200. The number of hydrogen-bond acceptors (Lipinski definition) is 4. The van der Waals surface area contributed by atoms with E-state index >= 15 is 0 Å². The Morgan fingerprint density at radius 1 is 1.16 bits per heavy atom. The number of aromatic nitrogens is 5. The van der Waals surface area contributed by atoms with Gasteiger partial charge in [0.2, 0.25) is 5.65 Å². The highest BCUT2D eigenvalue weighted by Crippen LogP contribution is 2.34. The molecule has 0 aliphatic heterocycles. The molecule has 0 saturated heterocycles. The van der Waals surface area contributed by atoms with E-state index in [1.807, 2.05) is 30.3 Å². The molecule has 1 aromatic carbocycles. The van der Waals surface area contributed by atoms with Gasteiger partial charge in [-0.25, -0.2) is 14.9 Å². The maximum atomic E-state index is 12.8. The van der Waals surface area contributed by atoms with Gasteiger partial charge in [0.05, 0.1) is 18.5 Å². The summed E-state index contributed by atoms with van der Waals surface area (Å²) in [5.41, 5.74) is 8.35. The molecular weight excluding hydrogens is 433 g/mol. The van der Waals surface area contributed by atoms with Gasteiger partial charge < -0.3 is 5.73 Å². The highest BCUT2D eigenvalue weighted by atomic mass is 35.5. The molecule has 0 radical (unpaired) electrons. The first kappa shape index (κ1) is 20.9. The minimum Gasteiger partial charge on any atom is -0.319 e. The minimum absolute atomic E-state index is 0.151. The summed E-state index contributed by atoms with van der Waals surface area (Å²) in [6.07, 6.45) is -5.59. The largest absolute Gasteiger partial charge is 0.428 e. The Morgan fingerprint density at radius 2 is 1.87 bits per heavy atom. The molecule has 0 atom stereocenters. The number of aryl methyl sites for hydroxylation is 2. The molecule has 11 heteroatoms. The number of nitrogens with zero attached hydrogens (tertiary/aromatic N) is 4. The number of aromatic amines is 1. The Balaban J connectivity index is 2.05. The predicted molar refractivity (Wildman–Crippen MR) is 110 cm³/mol. The van der Waals surface area contributed by atoms with E-state index in [0.29, 0.717) is 28.1 Å². The van der Waals surface area contributed by atoms with Crippen molar-refractivity contribution in [3.63, 3.8) is 0 Å². The third-order valence-corrected chi connectivity index (χ3v) is 4.89. The lowest BCUT2D eigenvalue weighted by Gasteiger charge is -2.09. The summed E-state index contributed by atoms with van der Waals surface area (Å²) in [7, 11) is 0. The standard InChI is InChI=1S/C20H16ClF3N6O/c1-11-9-13(10-14(21)26-11)15-16(12-5-3-2-4-6-12)27-18(25)30-17(15)28-29(19(30)31)8-7-20(22,23)24/h2-6,9-10H,7-8H2,1H3,(H2,25,26,27,28)/p+1. The summed E-state index contributed by atoms with van der Waals surface area (Å²) in [6.45, 7) is 1.17. The summed E-state index contributed by atoms with van der Waals surface area (Å²) in [5, 5.41) is 3.00. The van der Waals surface area contributed by atoms with Crippen molar-refractivity contribution in [1.82, 2.24) is 19.7 Å². The van der Waals surface area contributed by atoms with Gasteiger partial charge in [-0.1, -0.05) is 41.9 Å². The lowest BCUT2D eigenvalue weighted by molar-refractivity contribution is -0.516. The van der Waals surface area contributed by atoms with E-state index in [1.54, 1.807) is 19.1 Å². The smallest absolute Gasteiger partial charge is 0.319 e. The Labute approximate surface area is 178 Å². The van der Waals surface area contributed by atoms with E-state index in [4.69, 9.17) is 17.3 Å². The monoisotopic (exact) mass is 449 g/mol. The minimum atomic E-state index is -4.42. The molecule has 0 spiro atoms. The number of alkyl halides is 3. The topological polar surface area (TPSA) is 93.7 Å². The molecule has 0 saturated carbocycles. The average Bonchev–Trinajstić information content (AvgIpc) is 3.02. The molecule has 0 aliphatic rings. The SMILES string of the molecule is Cc1cc(-c2c(-c3ccccc3)nc(N)[n+]3c(=O)n(CCC(F)(F)F)[nH]c23)cc(Cl)n1. The first-order valence-corrected chi connectivity index (χ1v) is 9.62. The summed E-state index contributed by atoms with van der Waals surface area (Å²) in [6, 6.07) is 12.4. The van der Waals surface area contributed by atoms with Crippen LogP contribution in [0.4, 0.5) is 19.1 Å². The van der Waals surface area contributed by atoms with E-state index in [-0.39, 0.29) is 16.7 Å². The van der Waals surface area contributed by atoms with Crippen LogP contribution in [-0.2, 0) is 6.54 Å². The number of anilines is 1. The third-order valence-electron chi connectivity index (χ3n) is 4.69. The van der Waals surface area contributed by atoms with Gasteiger partial charge in [0.25, 0.3) is 0 Å². The maximum absolute atomic E-state index is 12.8. The fourth-order valence-electron chi connectivity index (χ4n) is 3.40. The summed E-state index contributed by atoms with van der Waals surface area (Å²) in [5.74, 6) is -0.151. The van der Waals surface area contributed by atoms with E-state index in [1.165, 1.54) is 0 Å². The normalized spacial score (nSPS) is 11.9. The number of fused-ring (bicyclic) bond motifs is 1. The van der Waals surface area contributed by atoms with Gasteiger partial charge in [-0.15, -0.1) is 9.38 Å². The van der Waals surface area contributed by atoms with Crippen molar-refractivity contribution >= 4 is 23.2 Å². The molecule has 31 heavy (non-hydrogen) atoms. The van der Waals surface area contributed by atoms with Crippen LogP contribution in [0.25, 0.3) is 28.0 Å². The number of benzene rings is 1. The van der Waals surface area contributed by atoms with Crippen molar-refractivity contribution in [2.24, 2.45) is 0 Å². The van der Waals surface area contributed by atoms with Crippen LogP contribution in [0.1, 0.15) is 12.1 Å². The van der Waals surface area contributed by atoms with Gasteiger partial charge in [0.15, 0.2) is 0 Å². The Kier molecular flexibility index (Phi) is 5.18. The number of pyridine rings is 1. The number of H-pyrrole nitrogens is 1. The van der Waals surface area contributed by atoms with Crippen LogP contribution in [-0.4, -0.2) is 25.9 Å². The molecule has 0 aliphatic carbocycles. The van der Waals surface area contributed by atoms with Crippen LogP contribution in [0.5, 0.6) is 0 Å². The fourth-order valence-corrected chi connectivity index (χ4v) is 3.65. The Morgan fingerprint density at radius 3 is 2.52 bits per heavy atom. The van der Waals surface area contributed by atoms with Crippen molar-refractivity contribution < 1.29 is 17.6 Å². The molecule has 160 valence electrons. The van der Waals surface area contributed by atoms with Crippen LogP contribution in [0.3, 0.4) is 0 Å². The van der Waals surface area contributed by atoms with E-state index in [0.717, 1.165) is 9.08 Å². The van der Waals surface area contributed by atoms with Gasteiger partial charge >= 0.3 is 17.8 Å². The molecular formula is C20H17ClF3N6O+. The highest BCUT2D eigenvalue weighted by molar-refractivity contribution is 6.29. The zero-order valence-electron chi connectivity index (χ0n) is 16.2. The van der Waals surface area contributed by atoms with Crippen molar-refractivity contribution in [2.45, 2.75) is 26.1 Å². The number of nitrogen functional groups attached to an aromatic ring is 1. The number of hydrogen-bond donors (Lipinski definition) is 2. The van der Waals surface area contributed by atoms with Crippen molar-refractivity contribution in [2.75, 3.05) is 5.73 Å². The van der Waals surface area contributed by atoms with Gasteiger partial charge in [-0.3, -0.25) is 0 Å². The van der Waals surface area contributed by atoms with Crippen LogP contribution < -0.4 is 15.8 Å². The first-order valence-electron chi connectivity index (χ1n) is 9.25. The van der Waals surface area contributed by atoms with Crippen LogP contribution in [0, 0.1) is 6.92 Å². The first-order chi connectivity index (χ1) is 14.6. The lowest BCUT2D eigenvalue weighted by atomic mass is 10.0.